The fraction of sp³-hybridized carbons (Fsp3) is 0.500. The largest absolute Gasteiger partial charge is 0.444 e. The van der Waals surface area contributed by atoms with Gasteiger partial charge in [-0.15, -0.1) is 12.8 Å². The lowest BCUT2D eigenvalue weighted by atomic mass is 10.2. The van der Waals surface area contributed by atoms with Crippen LogP contribution in [0.15, 0.2) is 18.3 Å². The third-order valence-electron chi connectivity index (χ3n) is 3.22. The Hall–Kier alpha value is -2.82. The van der Waals surface area contributed by atoms with Gasteiger partial charge in [-0.25, -0.2) is 4.79 Å². The number of rotatable bonds is 2. The van der Waals surface area contributed by atoms with E-state index in [4.69, 9.17) is 4.74 Å². The Morgan fingerprint density at radius 2 is 1.83 bits per heavy atom. The van der Waals surface area contributed by atoms with Crippen LogP contribution in [0, 0.1) is 23.0 Å². The first-order chi connectivity index (χ1) is 11.3. The molecule has 0 radical (unpaired) electrons. The maximum absolute atomic E-state index is 12.0. The zero-order chi connectivity index (χ0) is 18.3. The number of pyridine rings is 1. The number of carbonyl (C=O) groups is 1. The molecule has 2 heterocycles. The van der Waals surface area contributed by atoms with Crippen LogP contribution in [-0.2, 0) is 4.74 Å². The number of hydrogen-bond acceptors (Lipinski definition) is 6. The van der Waals surface area contributed by atoms with Crippen molar-refractivity contribution in [3.05, 3.63) is 28.4 Å². The second kappa shape index (κ2) is 8.15. The van der Waals surface area contributed by atoms with Gasteiger partial charge in [-0.3, -0.25) is 0 Å². The van der Waals surface area contributed by atoms with Crippen LogP contribution in [0.25, 0.3) is 0 Å². The van der Waals surface area contributed by atoms with Crippen LogP contribution in [-0.4, -0.2) is 52.7 Å². The van der Waals surface area contributed by atoms with Crippen molar-refractivity contribution in [3.8, 4) is 12.8 Å². The molecule has 1 aromatic heterocycles. The molecule has 0 bridgehead atoms. The molecule has 1 saturated heterocycles. The zero-order valence-electron chi connectivity index (χ0n) is 14.1. The van der Waals surface area contributed by atoms with E-state index >= 15 is 0 Å². The van der Waals surface area contributed by atoms with E-state index in [9.17, 15) is 14.9 Å². The number of hydrogen-bond donors (Lipinski definition) is 0. The normalized spacial score (nSPS) is 14.4. The summed E-state index contributed by atoms with van der Waals surface area (Å²) in [5.41, 5.74) is 0.311. The third kappa shape index (κ3) is 5.43. The lowest BCUT2D eigenvalue weighted by molar-refractivity contribution is -0.389. The van der Waals surface area contributed by atoms with Crippen molar-refractivity contribution < 1.29 is 14.5 Å². The molecule has 0 spiro atoms. The number of anilines is 1. The smallest absolute Gasteiger partial charge is 0.410 e. The van der Waals surface area contributed by atoms with E-state index in [1.165, 1.54) is 12.3 Å². The summed E-state index contributed by atoms with van der Waals surface area (Å²) >= 11 is 0. The first-order valence-corrected chi connectivity index (χ1v) is 7.43. The number of aromatic nitrogens is 1. The van der Waals surface area contributed by atoms with E-state index in [0.29, 0.717) is 26.2 Å². The molecule has 0 N–H and O–H groups in total. The summed E-state index contributed by atoms with van der Waals surface area (Å²) in [4.78, 5) is 29.6. The Morgan fingerprint density at radius 3 is 2.25 bits per heavy atom. The number of carbonyl (C=O) groups excluding carboxylic acids is 1. The number of amides is 1. The van der Waals surface area contributed by atoms with E-state index in [1.54, 1.807) is 11.0 Å². The van der Waals surface area contributed by atoms with E-state index in [2.05, 4.69) is 17.8 Å². The average Bonchev–Trinajstić information content (AvgIpc) is 2.55. The van der Waals surface area contributed by atoms with Crippen molar-refractivity contribution >= 4 is 17.6 Å². The minimum atomic E-state index is -0.524. The highest BCUT2D eigenvalue weighted by Gasteiger charge is 2.26. The van der Waals surface area contributed by atoms with Gasteiger partial charge >= 0.3 is 11.9 Å². The molecule has 8 heteroatoms. The molecule has 0 saturated carbocycles. The highest BCUT2D eigenvalue weighted by atomic mass is 16.6. The van der Waals surface area contributed by atoms with Crippen LogP contribution in [0.1, 0.15) is 20.8 Å². The molecular formula is C16H22N4O4. The third-order valence-corrected chi connectivity index (χ3v) is 3.22. The van der Waals surface area contributed by atoms with Gasteiger partial charge in [-0.2, -0.15) is 0 Å². The van der Waals surface area contributed by atoms with Crippen LogP contribution in [0.3, 0.4) is 0 Å². The van der Waals surface area contributed by atoms with E-state index in [0.717, 1.165) is 5.69 Å². The van der Waals surface area contributed by atoms with Gasteiger partial charge in [0, 0.05) is 32.2 Å². The first kappa shape index (κ1) is 19.2. The monoisotopic (exact) mass is 334 g/mol. The standard InChI is InChI=1S/C14H20N4O4.C2H2/c1-14(2,3)22-13(19)17-8-6-16(7-9-17)11-4-5-12(15-10-11)18(20)21;1-2/h4-5,10H,6-9H2,1-3H3;1-2H. The van der Waals surface area contributed by atoms with Crippen molar-refractivity contribution in [2.45, 2.75) is 26.4 Å². The highest BCUT2D eigenvalue weighted by molar-refractivity contribution is 5.68. The van der Waals surface area contributed by atoms with Gasteiger partial charge in [0.15, 0.2) is 6.20 Å². The van der Waals surface area contributed by atoms with Crippen LogP contribution in [0.5, 0.6) is 0 Å². The van der Waals surface area contributed by atoms with Gasteiger partial charge in [0.2, 0.25) is 0 Å². The summed E-state index contributed by atoms with van der Waals surface area (Å²) in [5, 5.41) is 10.6. The van der Waals surface area contributed by atoms with Gasteiger partial charge in [-0.1, -0.05) is 0 Å². The Balaban J connectivity index is 0.00000139. The minimum Gasteiger partial charge on any atom is -0.444 e. The van der Waals surface area contributed by atoms with Crippen LogP contribution >= 0.6 is 0 Å². The number of ether oxygens (including phenoxy) is 1. The van der Waals surface area contributed by atoms with Crippen molar-refractivity contribution in [2.24, 2.45) is 0 Å². The molecule has 2 rings (SSSR count). The summed E-state index contributed by atoms with van der Waals surface area (Å²) in [6, 6.07) is 3.06. The number of nitrogens with zero attached hydrogens (tertiary/aromatic N) is 4. The zero-order valence-corrected chi connectivity index (χ0v) is 14.1. The second-order valence-corrected chi connectivity index (χ2v) is 6.09. The number of terminal acetylenes is 1. The van der Waals surface area contributed by atoms with Crippen molar-refractivity contribution in [3.63, 3.8) is 0 Å². The summed E-state index contributed by atoms with van der Waals surface area (Å²) in [7, 11) is 0. The maximum atomic E-state index is 12.0. The van der Waals surface area contributed by atoms with E-state index in [-0.39, 0.29) is 11.9 Å². The molecule has 1 aromatic rings. The van der Waals surface area contributed by atoms with Gasteiger partial charge in [0.05, 0.1) is 5.69 Å². The number of piperazine rings is 1. The van der Waals surface area contributed by atoms with Crippen molar-refractivity contribution in [2.75, 3.05) is 31.1 Å². The fourth-order valence-electron chi connectivity index (χ4n) is 2.15. The quantitative estimate of drug-likeness (QED) is 0.468. The van der Waals surface area contributed by atoms with E-state index < -0.39 is 10.5 Å². The number of nitro groups is 1. The Kier molecular flexibility index (Phi) is 6.53. The van der Waals surface area contributed by atoms with Crippen LogP contribution in [0.2, 0.25) is 0 Å². The molecule has 0 unspecified atom stereocenters. The molecule has 0 aliphatic carbocycles. The van der Waals surface area contributed by atoms with Gasteiger partial charge < -0.3 is 24.7 Å². The molecule has 8 nitrogen and oxygen atoms in total. The highest BCUT2D eigenvalue weighted by Crippen LogP contribution is 2.19. The first-order valence-electron chi connectivity index (χ1n) is 7.43. The SMILES string of the molecule is C#C.CC(C)(C)OC(=O)N1CCN(c2ccc([N+](=O)[O-])nc2)CC1. The molecule has 0 aromatic carbocycles. The molecule has 130 valence electrons. The molecule has 24 heavy (non-hydrogen) atoms. The molecule has 0 atom stereocenters. The maximum Gasteiger partial charge on any atom is 0.410 e. The lowest BCUT2D eigenvalue weighted by Gasteiger charge is -2.36. The van der Waals surface area contributed by atoms with Gasteiger partial charge in [-0.05, 0) is 36.7 Å². The van der Waals surface area contributed by atoms with Gasteiger partial charge in [0.25, 0.3) is 0 Å². The van der Waals surface area contributed by atoms with Crippen molar-refractivity contribution in [1.82, 2.24) is 9.88 Å². The second-order valence-electron chi connectivity index (χ2n) is 6.09. The summed E-state index contributed by atoms with van der Waals surface area (Å²) in [6.45, 7) is 7.88. The minimum absolute atomic E-state index is 0.170. The fourth-order valence-corrected chi connectivity index (χ4v) is 2.15. The van der Waals surface area contributed by atoms with Crippen molar-refractivity contribution in [1.29, 1.82) is 0 Å². The Bertz CT molecular complexity index is 584. The van der Waals surface area contributed by atoms with Crippen LogP contribution < -0.4 is 4.90 Å². The Morgan fingerprint density at radius 1 is 1.25 bits per heavy atom. The topological polar surface area (TPSA) is 88.8 Å². The lowest BCUT2D eigenvalue weighted by Crippen LogP contribution is -2.50. The average molecular weight is 334 g/mol. The predicted molar refractivity (Wildman–Crippen MR) is 90.8 cm³/mol. The predicted octanol–water partition coefficient (Wildman–Crippen LogP) is 2.30. The molecule has 1 amide bonds. The molecule has 1 aliphatic rings. The summed E-state index contributed by atoms with van der Waals surface area (Å²) in [5.74, 6) is -0.170. The van der Waals surface area contributed by atoms with E-state index in [1.807, 2.05) is 25.7 Å². The molecule has 1 aliphatic heterocycles. The summed E-state index contributed by atoms with van der Waals surface area (Å²) in [6.07, 6.45) is 9.18. The molecule has 1 fully saturated rings. The summed E-state index contributed by atoms with van der Waals surface area (Å²) < 4.78 is 5.34. The van der Waals surface area contributed by atoms with Crippen LogP contribution in [0.4, 0.5) is 16.3 Å². The Labute approximate surface area is 141 Å². The molecular weight excluding hydrogens is 312 g/mol. The van der Waals surface area contributed by atoms with Gasteiger partial charge in [0.1, 0.15) is 5.60 Å².